The fraction of sp³-hybridized carbons (Fsp3) is 0.633. The van der Waals surface area contributed by atoms with Gasteiger partial charge in [0.05, 0.1) is 13.1 Å². The number of hydrogen-bond donors (Lipinski definition) is 2. The maximum absolute atomic E-state index is 11.1. The monoisotopic (exact) mass is 551 g/mol. The molecular weight excluding hydrogens is 506 g/mol. The van der Waals surface area contributed by atoms with Crippen molar-refractivity contribution in [3.63, 3.8) is 0 Å². The molecular formula is C30H45N7O3. The number of furan rings is 1. The summed E-state index contributed by atoms with van der Waals surface area (Å²) in [4.78, 5) is 25.5. The number of imidazole rings is 2. The third-order valence-corrected chi connectivity index (χ3v) is 8.54. The van der Waals surface area contributed by atoms with E-state index >= 15 is 0 Å². The van der Waals surface area contributed by atoms with E-state index in [4.69, 9.17) is 9.52 Å². The predicted molar refractivity (Wildman–Crippen MR) is 153 cm³/mol. The SMILES string of the molecule is CC(C)CN1CCC2(CC1)CCN(CCCn1ccnc1CCNCc1nccn1Cc1ccc(C(=O)O)o1)C2. The van der Waals surface area contributed by atoms with Crippen LogP contribution in [-0.4, -0.2) is 85.8 Å². The summed E-state index contributed by atoms with van der Waals surface area (Å²) in [7, 11) is 0. The predicted octanol–water partition coefficient (Wildman–Crippen LogP) is 3.59. The van der Waals surface area contributed by atoms with E-state index in [0.717, 1.165) is 43.5 Å². The van der Waals surface area contributed by atoms with Gasteiger partial charge in [-0.25, -0.2) is 14.8 Å². The zero-order valence-electron chi connectivity index (χ0n) is 24.1. The van der Waals surface area contributed by atoms with E-state index in [2.05, 4.69) is 49.7 Å². The molecule has 5 rings (SSSR count). The summed E-state index contributed by atoms with van der Waals surface area (Å²) < 4.78 is 9.66. The Balaban J connectivity index is 1.00. The van der Waals surface area contributed by atoms with Gasteiger partial charge in [0.2, 0.25) is 5.76 Å². The normalized spacial score (nSPS) is 17.9. The molecule has 40 heavy (non-hydrogen) atoms. The number of aromatic carboxylic acids is 1. The number of carboxylic acids is 1. The van der Waals surface area contributed by atoms with Crippen molar-refractivity contribution in [2.24, 2.45) is 11.3 Å². The number of hydrogen-bond acceptors (Lipinski definition) is 7. The molecule has 3 aromatic heterocycles. The molecule has 10 nitrogen and oxygen atoms in total. The third kappa shape index (κ3) is 7.41. The molecule has 2 aliphatic heterocycles. The molecule has 0 bridgehead atoms. The van der Waals surface area contributed by atoms with Crippen molar-refractivity contribution in [3.05, 3.63) is 60.1 Å². The first-order chi connectivity index (χ1) is 19.4. The average molecular weight is 552 g/mol. The van der Waals surface area contributed by atoms with Crippen molar-refractivity contribution < 1.29 is 14.3 Å². The van der Waals surface area contributed by atoms with Crippen molar-refractivity contribution in [2.45, 2.75) is 65.6 Å². The fourth-order valence-corrected chi connectivity index (χ4v) is 6.39. The molecule has 3 aromatic rings. The van der Waals surface area contributed by atoms with Crippen molar-refractivity contribution in [1.29, 1.82) is 0 Å². The number of carbonyl (C=O) groups is 1. The summed E-state index contributed by atoms with van der Waals surface area (Å²) in [5.41, 5.74) is 0.563. The molecule has 1 spiro atoms. The van der Waals surface area contributed by atoms with Crippen molar-refractivity contribution in [2.75, 3.05) is 45.8 Å². The smallest absolute Gasteiger partial charge is 0.371 e. The minimum absolute atomic E-state index is 0.0487. The van der Waals surface area contributed by atoms with Gasteiger partial charge in [0.25, 0.3) is 0 Å². The van der Waals surface area contributed by atoms with Crippen LogP contribution >= 0.6 is 0 Å². The lowest BCUT2D eigenvalue weighted by Gasteiger charge is -2.40. The number of aryl methyl sites for hydroxylation is 1. The standard InChI is InChI=1S/C30H45N7O3/c1-24(2)21-34-15-7-30(8-16-34)9-17-35(23-30)13-3-14-36-18-11-32-27(36)6-10-31-20-28-33-12-19-37(28)22-25-4-5-26(40-25)29(38)39/h4-5,11-12,18-19,24,31H,3,6-10,13-17,20-23H2,1-2H3,(H,38,39). The molecule has 2 aliphatic rings. The van der Waals surface area contributed by atoms with Crippen LogP contribution in [0.4, 0.5) is 0 Å². The Morgan fingerprint density at radius 3 is 2.48 bits per heavy atom. The van der Waals surface area contributed by atoms with Crippen molar-refractivity contribution in [3.8, 4) is 0 Å². The van der Waals surface area contributed by atoms with Gasteiger partial charge < -0.3 is 33.8 Å². The number of nitrogens with one attached hydrogen (secondary N) is 1. The molecule has 2 fully saturated rings. The van der Waals surface area contributed by atoms with Crippen LogP contribution in [0.3, 0.4) is 0 Å². The van der Waals surface area contributed by atoms with Crippen molar-refractivity contribution >= 4 is 5.97 Å². The van der Waals surface area contributed by atoms with Crippen LogP contribution in [0, 0.1) is 11.3 Å². The Morgan fingerprint density at radius 1 is 1.02 bits per heavy atom. The summed E-state index contributed by atoms with van der Waals surface area (Å²) in [5, 5.41) is 12.5. The first kappa shape index (κ1) is 28.6. The Kier molecular flexibility index (Phi) is 9.39. The Bertz CT molecular complexity index is 1220. The number of carboxylic acid groups (broad SMARTS) is 1. The van der Waals surface area contributed by atoms with Gasteiger partial charge in [-0.05, 0) is 75.3 Å². The summed E-state index contributed by atoms with van der Waals surface area (Å²) in [6.07, 6.45) is 13.8. The van der Waals surface area contributed by atoms with Gasteiger partial charge in [0.1, 0.15) is 17.4 Å². The molecule has 5 heterocycles. The Morgan fingerprint density at radius 2 is 1.75 bits per heavy atom. The van der Waals surface area contributed by atoms with Crippen LogP contribution in [0.15, 0.2) is 41.3 Å². The van der Waals surface area contributed by atoms with Gasteiger partial charge in [-0.3, -0.25) is 0 Å². The number of likely N-dealkylation sites (tertiary alicyclic amines) is 2. The number of aromatic nitrogens is 4. The first-order valence-electron chi connectivity index (χ1n) is 14.9. The molecule has 0 amide bonds. The van der Waals surface area contributed by atoms with Gasteiger partial charge in [-0.2, -0.15) is 0 Å². The first-order valence-corrected chi connectivity index (χ1v) is 14.9. The van der Waals surface area contributed by atoms with Crippen LogP contribution < -0.4 is 5.32 Å². The second-order valence-electron chi connectivity index (χ2n) is 12.1. The maximum atomic E-state index is 11.1. The molecule has 2 N–H and O–H groups in total. The molecule has 218 valence electrons. The highest BCUT2D eigenvalue weighted by molar-refractivity contribution is 5.84. The second-order valence-corrected chi connectivity index (χ2v) is 12.1. The summed E-state index contributed by atoms with van der Waals surface area (Å²) in [5.74, 6) is 2.24. The maximum Gasteiger partial charge on any atom is 0.371 e. The highest BCUT2D eigenvalue weighted by Gasteiger charge is 2.40. The topological polar surface area (TPSA) is 105 Å². The fourth-order valence-electron chi connectivity index (χ4n) is 6.39. The van der Waals surface area contributed by atoms with E-state index in [1.807, 2.05) is 17.0 Å². The highest BCUT2D eigenvalue weighted by Crippen LogP contribution is 2.40. The number of rotatable bonds is 14. The Labute approximate surface area is 237 Å². The molecule has 2 saturated heterocycles. The molecule has 10 heteroatoms. The molecule has 0 radical (unpaired) electrons. The van der Waals surface area contributed by atoms with E-state index in [0.29, 0.717) is 24.3 Å². The molecule has 0 atom stereocenters. The van der Waals surface area contributed by atoms with E-state index in [1.54, 1.807) is 12.3 Å². The zero-order valence-corrected chi connectivity index (χ0v) is 24.1. The molecule has 0 aliphatic carbocycles. The quantitative estimate of drug-likeness (QED) is 0.293. The number of piperidine rings is 1. The molecule has 0 saturated carbocycles. The average Bonchev–Trinajstić information content (AvgIpc) is 3.73. The largest absolute Gasteiger partial charge is 0.475 e. The van der Waals surface area contributed by atoms with Crippen LogP contribution in [0.2, 0.25) is 0 Å². The highest BCUT2D eigenvalue weighted by atomic mass is 16.4. The summed E-state index contributed by atoms with van der Waals surface area (Å²) >= 11 is 0. The van der Waals surface area contributed by atoms with E-state index < -0.39 is 5.97 Å². The zero-order chi connectivity index (χ0) is 28.0. The minimum Gasteiger partial charge on any atom is -0.475 e. The van der Waals surface area contributed by atoms with E-state index in [-0.39, 0.29) is 5.76 Å². The minimum atomic E-state index is -1.06. The second kappa shape index (κ2) is 13.1. The van der Waals surface area contributed by atoms with Gasteiger partial charge in [0, 0.05) is 57.4 Å². The third-order valence-electron chi connectivity index (χ3n) is 8.54. The van der Waals surface area contributed by atoms with Gasteiger partial charge in [-0.15, -0.1) is 0 Å². The Hall–Kier alpha value is -2.95. The number of nitrogens with zero attached hydrogens (tertiary/aromatic N) is 6. The van der Waals surface area contributed by atoms with Crippen LogP contribution in [0.1, 0.15) is 67.5 Å². The lowest BCUT2D eigenvalue weighted by atomic mass is 9.77. The molecule has 0 unspecified atom stereocenters. The summed E-state index contributed by atoms with van der Waals surface area (Å²) in [6.45, 7) is 15.0. The van der Waals surface area contributed by atoms with Crippen molar-refractivity contribution in [1.82, 2.24) is 34.2 Å². The van der Waals surface area contributed by atoms with E-state index in [9.17, 15) is 4.79 Å². The van der Waals surface area contributed by atoms with Crippen LogP contribution in [0.25, 0.3) is 0 Å². The van der Waals surface area contributed by atoms with Gasteiger partial charge in [0.15, 0.2) is 0 Å². The summed E-state index contributed by atoms with van der Waals surface area (Å²) in [6, 6.07) is 3.17. The van der Waals surface area contributed by atoms with E-state index in [1.165, 1.54) is 64.6 Å². The van der Waals surface area contributed by atoms with Crippen LogP contribution in [0.5, 0.6) is 0 Å². The lowest BCUT2D eigenvalue weighted by molar-refractivity contribution is 0.0660. The lowest BCUT2D eigenvalue weighted by Crippen LogP contribution is -2.42. The van der Waals surface area contributed by atoms with Gasteiger partial charge >= 0.3 is 5.97 Å². The molecule has 0 aromatic carbocycles. The van der Waals surface area contributed by atoms with Crippen LogP contribution in [-0.2, 0) is 26.1 Å². The van der Waals surface area contributed by atoms with Gasteiger partial charge in [-0.1, -0.05) is 13.8 Å².